The van der Waals surface area contributed by atoms with Crippen LogP contribution in [0.15, 0.2) is 49.1 Å². The summed E-state index contributed by atoms with van der Waals surface area (Å²) in [5.41, 5.74) is 1.84. The van der Waals surface area contributed by atoms with Crippen molar-refractivity contribution in [3.05, 3.63) is 60.2 Å². The molecule has 0 radical (unpaired) electrons. The van der Waals surface area contributed by atoms with Crippen LogP contribution < -0.4 is 5.32 Å². The zero-order valence-corrected chi connectivity index (χ0v) is 27.9. The van der Waals surface area contributed by atoms with Crippen LogP contribution in [0, 0.1) is 0 Å². The van der Waals surface area contributed by atoms with Gasteiger partial charge in [0.2, 0.25) is 0 Å². The van der Waals surface area contributed by atoms with E-state index >= 15 is 0 Å². The van der Waals surface area contributed by atoms with E-state index in [1.165, 1.54) is 47.3 Å². The van der Waals surface area contributed by atoms with Crippen molar-refractivity contribution >= 4 is 57.6 Å². The van der Waals surface area contributed by atoms with Gasteiger partial charge in [-0.1, -0.05) is 36.4 Å². The third kappa shape index (κ3) is 6.92. The molecule has 0 saturated carbocycles. The topological polar surface area (TPSA) is 196 Å². The SMILES string of the molecule is CC(=O)OC[C@H]1O[C@@H](n2cnc3c(N[C@@H]4c5c(ccc6ccccc56)[C@@H](OC(C)=O)[C@H](OC(C)=O)[C@@H]4OC(C)=O)ncnc32)C[C@@H]1OC(C)=O. The zero-order valence-electron chi connectivity index (χ0n) is 27.9. The summed E-state index contributed by atoms with van der Waals surface area (Å²) in [4.78, 5) is 74.2. The van der Waals surface area contributed by atoms with Gasteiger partial charge in [0.1, 0.15) is 31.4 Å². The molecule has 6 rings (SSSR count). The number of hydrogen-bond acceptors (Lipinski definition) is 15. The minimum atomic E-state index is -1.24. The van der Waals surface area contributed by atoms with Gasteiger partial charge in [0.25, 0.3) is 0 Å². The van der Waals surface area contributed by atoms with Gasteiger partial charge in [0, 0.05) is 46.6 Å². The Hall–Kier alpha value is -5.64. The highest BCUT2D eigenvalue weighted by Gasteiger charge is 2.50. The Morgan fingerprint density at radius 3 is 2.22 bits per heavy atom. The summed E-state index contributed by atoms with van der Waals surface area (Å²) in [6, 6.07) is 10.3. The van der Waals surface area contributed by atoms with Crippen LogP contribution in [0.3, 0.4) is 0 Å². The molecule has 7 atom stereocenters. The third-order valence-corrected chi connectivity index (χ3v) is 8.38. The number of carbonyl (C=O) groups is 5. The average Bonchev–Trinajstić information content (AvgIpc) is 3.66. The van der Waals surface area contributed by atoms with Crippen molar-refractivity contribution in [2.24, 2.45) is 0 Å². The molecule has 16 heteroatoms. The lowest BCUT2D eigenvalue weighted by Crippen LogP contribution is -2.49. The molecule has 1 aliphatic heterocycles. The van der Waals surface area contributed by atoms with Crippen LogP contribution in [-0.2, 0) is 52.4 Å². The van der Waals surface area contributed by atoms with Crippen LogP contribution in [0.25, 0.3) is 21.9 Å². The Balaban J connectivity index is 1.44. The molecule has 0 spiro atoms. The molecule has 1 N–H and O–H groups in total. The number of nitrogens with one attached hydrogen (secondary N) is 1. The molecule has 2 aliphatic rings. The number of ether oxygens (including phenoxy) is 6. The fourth-order valence-electron chi connectivity index (χ4n) is 6.60. The number of aromatic nitrogens is 4. The Bertz CT molecular complexity index is 1980. The van der Waals surface area contributed by atoms with Crippen LogP contribution in [-0.4, -0.2) is 80.4 Å². The summed E-state index contributed by atoms with van der Waals surface area (Å²) in [6.07, 6.45) is -2.63. The molecule has 2 aromatic heterocycles. The molecular weight excluding hydrogens is 654 g/mol. The van der Waals surface area contributed by atoms with Gasteiger partial charge in [0.05, 0.1) is 12.4 Å². The van der Waals surface area contributed by atoms with Crippen LogP contribution >= 0.6 is 0 Å². The van der Waals surface area contributed by atoms with Crippen LogP contribution in [0.4, 0.5) is 5.82 Å². The normalized spacial score (nSPS) is 24.2. The number of carbonyl (C=O) groups excluding carboxylic acids is 5. The molecule has 1 saturated heterocycles. The number of fused-ring (bicyclic) bond motifs is 4. The Kier molecular flexibility index (Phi) is 9.63. The Morgan fingerprint density at radius 1 is 0.820 bits per heavy atom. The van der Waals surface area contributed by atoms with E-state index in [2.05, 4.69) is 20.3 Å². The molecule has 4 aromatic rings. The summed E-state index contributed by atoms with van der Waals surface area (Å²) in [7, 11) is 0. The minimum Gasteiger partial charge on any atom is -0.463 e. The van der Waals surface area contributed by atoms with Gasteiger partial charge in [-0.15, -0.1) is 0 Å². The van der Waals surface area contributed by atoms with Crippen LogP contribution in [0.2, 0.25) is 0 Å². The monoisotopic (exact) mass is 689 g/mol. The number of benzene rings is 2. The quantitative estimate of drug-likeness (QED) is 0.198. The first-order chi connectivity index (χ1) is 23.9. The maximum Gasteiger partial charge on any atom is 0.303 e. The van der Waals surface area contributed by atoms with E-state index in [-0.39, 0.29) is 18.8 Å². The minimum absolute atomic E-state index is 0.122. The van der Waals surface area contributed by atoms with Gasteiger partial charge in [-0.25, -0.2) is 15.0 Å². The van der Waals surface area contributed by atoms with Gasteiger partial charge in [0.15, 0.2) is 35.3 Å². The first-order valence-electron chi connectivity index (χ1n) is 15.8. The molecule has 0 amide bonds. The predicted octanol–water partition coefficient (Wildman–Crippen LogP) is 3.40. The molecule has 3 heterocycles. The van der Waals surface area contributed by atoms with E-state index in [4.69, 9.17) is 28.4 Å². The molecule has 1 fully saturated rings. The highest BCUT2D eigenvalue weighted by molar-refractivity contribution is 5.89. The van der Waals surface area contributed by atoms with Crippen molar-refractivity contribution in [3.8, 4) is 0 Å². The number of rotatable bonds is 9. The predicted molar refractivity (Wildman–Crippen MR) is 172 cm³/mol. The first-order valence-corrected chi connectivity index (χ1v) is 15.8. The Labute approximate surface area is 285 Å². The van der Waals surface area contributed by atoms with Crippen molar-refractivity contribution in [1.82, 2.24) is 19.5 Å². The fraction of sp³-hybridized carbons (Fsp3) is 0.412. The van der Waals surface area contributed by atoms with Crippen molar-refractivity contribution < 1.29 is 52.4 Å². The molecule has 0 bridgehead atoms. The lowest BCUT2D eigenvalue weighted by Gasteiger charge is -2.42. The molecule has 2 aromatic carbocycles. The van der Waals surface area contributed by atoms with Crippen molar-refractivity contribution in [3.63, 3.8) is 0 Å². The van der Waals surface area contributed by atoms with Crippen molar-refractivity contribution in [2.75, 3.05) is 11.9 Å². The van der Waals surface area contributed by atoms with Gasteiger partial charge in [-0.05, 0) is 16.3 Å². The second kappa shape index (κ2) is 14.1. The maximum atomic E-state index is 12.6. The largest absolute Gasteiger partial charge is 0.463 e. The summed E-state index contributed by atoms with van der Waals surface area (Å²) >= 11 is 0. The second-order valence-electron chi connectivity index (χ2n) is 12.0. The van der Waals surface area contributed by atoms with E-state index < -0.39 is 72.6 Å². The average molecular weight is 690 g/mol. The summed E-state index contributed by atoms with van der Waals surface area (Å²) in [5, 5.41) is 5.00. The molecular formula is C34H35N5O11. The fourth-order valence-corrected chi connectivity index (χ4v) is 6.60. The molecule has 50 heavy (non-hydrogen) atoms. The number of nitrogens with zero attached hydrogens (tertiary/aromatic N) is 4. The van der Waals surface area contributed by atoms with Crippen LogP contribution in [0.5, 0.6) is 0 Å². The smallest absolute Gasteiger partial charge is 0.303 e. The lowest BCUT2D eigenvalue weighted by molar-refractivity contribution is -0.187. The van der Waals surface area contributed by atoms with Crippen LogP contribution in [0.1, 0.15) is 70.5 Å². The van der Waals surface area contributed by atoms with Gasteiger partial charge < -0.3 is 33.7 Å². The molecule has 16 nitrogen and oxygen atoms in total. The van der Waals surface area contributed by atoms with E-state index in [1.54, 1.807) is 10.6 Å². The van der Waals surface area contributed by atoms with E-state index in [1.807, 2.05) is 30.3 Å². The highest BCUT2D eigenvalue weighted by atomic mass is 16.6. The molecule has 1 aliphatic carbocycles. The van der Waals surface area contributed by atoms with Crippen molar-refractivity contribution in [1.29, 1.82) is 0 Å². The van der Waals surface area contributed by atoms with Gasteiger partial charge in [-0.3, -0.25) is 28.5 Å². The van der Waals surface area contributed by atoms with Gasteiger partial charge >= 0.3 is 29.8 Å². The number of esters is 5. The molecule has 0 unspecified atom stereocenters. The second-order valence-corrected chi connectivity index (χ2v) is 12.0. The highest BCUT2D eigenvalue weighted by Crippen LogP contribution is 2.46. The van der Waals surface area contributed by atoms with E-state index in [9.17, 15) is 24.0 Å². The molecule has 262 valence electrons. The third-order valence-electron chi connectivity index (χ3n) is 8.38. The van der Waals surface area contributed by atoms with E-state index in [0.717, 1.165) is 10.8 Å². The van der Waals surface area contributed by atoms with E-state index in [0.29, 0.717) is 22.3 Å². The number of imidazole rings is 1. The zero-order chi connectivity index (χ0) is 35.7. The summed E-state index contributed by atoms with van der Waals surface area (Å²) in [5.74, 6) is -2.73. The summed E-state index contributed by atoms with van der Waals surface area (Å²) in [6.45, 7) is 6.11. The summed E-state index contributed by atoms with van der Waals surface area (Å²) < 4.78 is 35.7. The van der Waals surface area contributed by atoms with Crippen molar-refractivity contribution in [2.45, 2.75) is 83.8 Å². The number of anilines is 1. The Morgan fingerprint density at radius 2 is 1.52 bits per heavy atom. The van der Waals surface area contributed by atoms with Gasteiger partial charge in [-0.2, -0.15) is 0 Å². The number of hydrogen-bond donors (Lipinski definition) is 1. The lowest BCUT2D eigenvalue weighted by atomic mass is 9.78. The standard InChI is InChI=1S/C34H35N5O11/c1-16(40)45-13-25-24(46-17(2)41)12-26(50-25)39-15-37-29-33(35-14-36-34(29)39)38-28-27-22-9-7-6-8-21(22)10-11-23(27)30(47-18(3)42)32(49-20(5)44)31(28)48-19(4)43/h6-11,14-15,24-26,28,30-32H,12-13H2,1-5H3,(H,35,36,38)/t24-,25+,26+,28+,30+,31+,32-/m0/s1. The maximum absolute atomic E-state index is 12.6. The first kappa shape index (κ1) is 34.2.